The van der Waals surface area contributed by atoms with Crippen LogP contribution in [-0.2, 0) is 9.53 Å². The van der Waals surface area contributed by atoms with Crippen molar-refractivity contribution in [2.75, 3.05) is 19.8 Å². The van der Waals surface area contributed by atoms with E-state index in [1.165, 1.54) is 0 Å². The molecule has 1 unspecified atom stereocenters. The highest BCUT2D eigenvalue weighted by Gasteiger charge is 2.40. The first-order chi connectivity index (χ1) is 6.33. The second-order valence-corrected chi connectivity index (χ2v) is 4.15. The van der Waals surface area contributed by atoms with Gasteiger partial charge in [-0.3, -0.25) is 4.79 Å². The van der Waals surface area contributed by atoms with Crippen LogP contribution in [0.1, 0.15) is 32.1 Å². The fourth-order valence-corrected chi connectivity index (χ4v) is 2.32. The van der Waals surface area contributed by atoms with Crippen molar-refractivity contribution in [3.63, 3.8) is 0 Å². The van der Waals surface area contributed by atoms with Crippen molar-refractivity contribution in [3.05, 3.63) is 0 Å². The van der Waals surface area contributed by atoms with E-state index in [9.17, 15) is 4.79 Å². The minimum absolute atomic E-state index is 0.172. The highest BCUT2D eigenvalue weighted by Crippen LogP contribution is 2.35. The molecule has 74 valence electrons. The standard InChI is InChI=1S/C10H17NO2/c12-9-10(4-1-2-6-11-9)5-3-7-13-8-10/h1-8H2,(H,11,12). The van der Waals surface area contributed by atoms with Crippen LogP contribution in [0.25, 0.3) is 0 Å². The highest BCUT2D eigenvalue weighted by molar-refractivity contribution is 5.83. The quantitative estimate of drug-likeness (QED) is 0.610. The largest absolute Gasteiger partial charge is 0.380 e. The van der Waals surface area contributed by atoms with Crippen LogP contribution >= 0.6 is 0 Å². The zero-order valence-corrected chi connectivity index (χ0v) is 7.97. The fraction of sp³-hybridized carbons (Fsp3) is 0.900. The molecule has 2 rings (SSSR count). The Labute approximate surface area is 78.8 Å². The molecule has 2 fully saturated rings. The summed E-state index contributed by atoms with van der Waals surface area (Å²) in [5, 5.41) is 2.99. The molecular weight excluding hydrogens is 166 g/mol. The first-order valence-corrected chi connectivity index (χ1v) is 5.20. The average Bonchev–Trinajstić information content (AvgIpc) is 2.33. The van der Waals surface area contributed by atoms with Crippen LogP contribution in [0.5, 0.6) is 0 Å². The zero-order valence-electron chi connectivity index (χ0n) is 7.97. The Morgan fingerprint density at radius 1 is 1.23 bits per heavy atom. The van der Waals surface area contributed by atoms with Gasteiger partial charge in [0.2, 0.25) is 5.91 Å². The van der Waals surface area contributed by atoms with Crippen LogP contribution in [0.4, 0.5) is 0 Å². The number of nitrogens with one attached hydrogen (secondary N) is 1. The summed E-state index contributed by atoms with van der Waals surface area (Å²) in [6.45, 7) is 2.31. The van der Waals surface area contributed by atoms with Crippen molar-refractivity contribution in [1.82, 2.24) is 5.32 Å². The molecule has 2 heterocycles. The third-order valence-electron chi connectivity index (χ3n) is 3.17. The van der Waals surface area contributed by atoms with Gasteiger partial charge in [-0.2, -0.15) is 0 Å². The van der Waals surface area contributed by atoms with Gasteiger partial charge < -0.3 is 10.1 Å². The minimum Gasteiger partial charge on any atom is -0.380 e. The summed E-state index contributed by atoms with van der Waals surface area (Å²) >= 11 is 0. The Balaban J connectivity index is 2.10. The molecule has 2 aliphatic heterocycles. The molecule has 3 nitrogen and oxygen atoms in total. The molecule has 13 heavy (non-hydrogen) atoms. The van der Waals surface area contributed by atoms with E-state index >= 15 is 0 Å². The summed E-state index contributed by atoms with van der Waals surface area (Å²) in [5.41, 5.74) is -0.172. The van der Waals surface area contributed by atoms with E-state index in [0.29, 0.717) is 6.61 Å². The van der Waals surface area contributed by atoms with Crippen LogP contribution < -0.4 is 5.32 Å². The molecule has 0 aliphatic carbocycles. The van der Waals surface area contributed by atoms with Crippen molar-refractivity contribution in [2.45, 2.75) is 32.1 Å². The molecule has 1 amide bonds. The van der Waals surface area contributed by atoms with Gasteiger partial charge >= 0.3 is 0 Å². The van der Waals surface area contributed by atoms with Crippen LogP contribution in [0, 0.1) is 5.41 Å². The Bertz CT molecular complexity index is 197. The lowest BCUT2D eigenvalue weighted by atomic mass is 9.78. The first kappa shape index (κ1) is 9.00. The van der Waals surface area contributed by atoms with Gasteiger partial charge in [-0.25, -0.2) is 0 Å². The Morgan fingerprint density at radius 3 is 2.85 bits per heavy atom. The number of hydrogen-bond acceptors (Lipinski definition) is 2. The van der Waals surface area contributed by atoms with E-state index in [-0.39, 0.29) is 11.3 Å². The van der Waals surface area contributed by atoms with Crippen LogP contribution in [0.2, 0.25) is 0 Å². The van der Waals surface area contributed by atoms with E-state index in [1.54, 1.807) is 0 Å². The lowest BCUT2D eigenvalue weighted by molar-refractivity contribution is -0.138. The number of ether oxygens (including phenoxy) is 1. The van der Waals surface area contributed by atoms with Gasteiger partial charge in [0.25, 0.3) is 0 Å². The number of rotatable bonds is 0. The van der Waals surface area contributed by atoms with Crippen molar-refractivity contribution < 1.29 is 9.53 Å². The molecule has 2 aliphatic rings. The number of carbonyl (C=O) groups excluding carboxylic acids is 1. The molecule has 1 N–H and O–H groups in total. The number of carbonyl (C=O) groups is 1. The van der Waals surface area contributed by atoms with E-state index in [4.69, 9.17) is 4.74 Å². The van der Waals surface area contributed by atoms with E-state index < -0.39 is 0 Å². The van der Waals surface area contributed by atoms with Crippen molar-refractivity contribution in [2.24, 2.45) is 5.41 Å². The summed E-state index contributed by atoms with van der Waals surface area (Å²) in [5.74, 6) is 0.227. The molecule has 0 aromatic carbocycles. The van der Waals surface area contributed by atoms with Crippen molar-refractivity contribution in [1.29, 1.82) is 0 Å². The topological polar surface area (TPSA) is 38.3 Å². The summed E-state index contributed by atoms with van der Waals surface area (Å²) in [4.78, 5) is 11.8. The lowest BCUT2D eigenvalue weighted by Crippen LogP contribution is -2.44. The van der Waals surface area contributed by atoms with E-state index in [1.807, 2.05) is 0 Å². The second-order valence-electron chi connectivity index (χ2n) is 4.15. The predicted molar refractivity (Wildman–Crippen MR) is 49.3 cm³/mol. The van der Waals surface area contributed by atoms with Gasteiger partial charge in [-0.15, -0.1) is 0 Å². The maximum absolute atomic E-state index is 11.8. The molecule has 0 radical (unpaired) electrons. The summed E-state index contributed by atoms with van der Waals surface area (Å²) < 4.78 is 5.43. The summed E-state index contributed by atoms with van der Waals surface area (Å²) in [6.07, 6.45) is 5.33. The first-order valence-electron chi connectivity index (χ1n) is 5.20. The van der Waals surface area contributed by atoms with Crippen LogP contribution in [0.3, 0.4) is 0 Å². The van der Waals surface area contributed by atoms with Gasteiger partial charge in [0.1, 0.15) is 0 Å². The average molecular weight is 183 g/mol. The molecule has 0 aromatic rings. The smallest absolute Gasteiger partial charge is 0.228 e. The molecule has 0 aromatic heterocycles. The summed E-state index contributed by atoms with van der Waals surface area (Å²) in [6, 6.07) is 0. The normalized spacial score (nSPS) is 35.5. The third kappa shape index (κ3) is 1.70. The highest BCUT2D eigenvalue weighted by atomic mass is 16.5. The maximum atomic E-state index is 11.8. The van der Waals surface area contributed by atoms with Gasteiger partial charge in [0.05, 0.1) is 12.0 Å². The van der Waals surface area contributed by atoms with Crippen LogP contribution in [-0.4, -0.2) is 25.7 Å². The van der Waals surface area contributed by atoms with E-state index in [2.05, 4.69) is 5.32 Å². The third-order valence-corrected chi connectivity index (χ3v) is 3.17. The number of hydrogen-bond donors (Lipinski definition) is 1. The molecule has 0 bridgehead atoms. The van der Waals surface area contributed by atoms with E-state index in [0.717, 1.165) is 45.3 Å². The molecule has 1 spiro atoms. The monoisotopic (exact) mass is 183 g/mol. The Kier molecular flexibility index (Phi) is 2.54. The minimum atomic E-state index is -0.172. The SMILES string of the molecule is O=C1NCCCCC12CCCOC2. The Hall–Kier alpha value is -0.570. The molecule has 2 saturated heterocycles. The van der Waals surface area contributed by atoms with Crippen LogP contribution in [0.15, 0.2) is 0 Å². The molecule has 3 heteroatoms. The van der Waals surface area contributed by atoms with Gasteiger partial charge in [-0.1, -0.05) is 6.42 Å². The van der Waals surface area contributed by atoms with Gasteiger partial charge in [-0.05, 0) is 25.7 Å². The lowest BCUT2D eigenvalue weighted by Gasteiger charge is -2.34. The fourth-order valence-electron chi connectivity index (χ4n) is 2.32. The second kappa shape index (κ2) is 3.66. The number of amides is 1. The van der Waals surface area contributed by atoms with Gasteiger partial charge in [0, 0.05) is 13.2 Å². The molecular formula is C10H17NO2. The van der Waals surface area contributed by atoms with Crippen molar-refractivity contribution >= 4 is 5.91 Å². The van der Waals surface area contributed by atoms with Crippen molar-refractivity contribution in [3.8, 4) is 0 Å². The predicted octanol–water partition coefficient (Wildman–Crippen LogP) is 1.08. The zero-order chi connectivity index (χ0) is 9.15. The maximum Gasteiger partial charge on any atom is 0.228 e. The Morgan fingerprint density at radius 2 is 2.08 bits per heavy atom. The molecule has 1 atom stereocenters. The molecule has 0 saturated carbocycles. The van der Waals surface area contributed by atoms with Gasteiger partial charge in [0.15, 0.2) is 0 Å². The summed E-state index contributed by atoms with van der Waals surface area (Å²) in [7, 11) is 0.